The molecule has 0 aliphatic carbocycles. The van der Waals surface area contributed by atoms with Gasteiger partial charge in [-0.05, 0) is 36.5 Å². The molecule has 3 aromatic rings. The van der Waals surface area contributed by atoms with Gasteiger partial charge >= 0.3 is 0 Å². The molecule has 174 valence electrons. The summed E-state index contributed by atoms with van der Waals surface area (Å²) in [4.78, 5) is 16.8. The van der Waals surface area contributed by atoms with Crippen molar-refractivity contribution in [1.82, 2.24) is 19.2 Å². The van der Waals surface area contributed by atoms with Crippen LogP contribution in [0.5, 0.6) is 0 Å². The van der Waals surface area contributed by atoms with E-state index in [9.17, 15) is 22.0 Å². The molecule has 10 heteroatoms. The van der Waals surface area contributed by atoms with Crippen LogP contribution in [0.3, 0.4) is 0 Å². The van der Waals surface area contributed by atoms with Gasteiger partial charge in [-0.15, -0.1) is 0 Å². The van der Waals surface area contributed by atoms with Gasteiger partial charge < -0.3 is 9.88 Å². The summed E-state index contributed by atoms with van der Waals surface area (Å²) in [5.74, 6) is -2.84. The van der Waals surface area contributed by atoms with E-state index in [2.05, 4.69) is 10.3 Å². The molecule has 1 aliphatic rings. The fraction of sp³-hybridized carbons (Fsp3) is 0.304. The number of benzene rings is 2. The molecule has 1 aliphatic heterocycles. The predicted octanol–water partition coefficient (Wildman–Crippen LogP) is 3.27. The molecule has 0 radical (unpaired) electrons. The second-order valence-corrected chi connectivity index (χ2v) is 9.96. The third-order valence-electron chi connectivity index (χ3n) is 5.89. The van der Waals surface area contributed by atoms with Crippen molar-refractivity contribution in [3.05, 3.63) is 83.8 Å². The van der Waals surface area contributed by atoms with Gasteiger partial charge in [0.05, 0.1) is 12.4 Å². The minimum absolute atomic E-state index is 0.00797. The first-order valence-electron chi connectivity index (χ1n) is 10.6. The molecule has 1 fully saturated rings. The molecule has 7 nitrogen and oxygen atoms in total. The number of carbonyl (C=O) groups excluding carboxylic acids is 1. The molecular weight excluding hydrogens is 450 g/mol. The zero-order valence-corrected chi connectivity index (χ0v) is 18.8. The molecule has 1 N–H and O–H groups in total. The van der Waals surface area contributed by atoms with Crippen molar-refractivity contribution >= 4 is 15.9 Å². The number of amides is 1. The van der Waals surface area contributed by atoms with Gasteiger partial charge in [-0.1, -0.05) is 36.4 Å². The minimum Gasteiger partial charge on any atom is -0.345 e. The number of carbonyl (C=O) groups is 1. The topological polar surface area (TPSA) is 84.3 Å². The summed E-state index contributed by atoms with van der Waals surface area (Å²) in [6, 6.07) is 11.9. The number of aryl methyl sites for hydroxylation is 1. The lowest BCUT2D eigenvalue weighted by molar-refractivity contribution is 0.0899. The van der Waals surface area contributed by atoms with Gasteiger partial charge in [-0.3, -0.25) is 4.79 Å². The molecule has 0 spiro atoms. The van der Waals surface area contributed by atoms with Crippen LogP contribution >= 0.6 is 0 Å². The van der Waals surface area contributed by atoms with Gasteiger partial charge in [-0.25, -0.2) is 22.2 Å². The largest absolute Gasteiger partial charge is 0.345 e. The molecule has 1 unspecified atom stereocenters. The molecule has 33 heavy (non-hydrogen) atoms. The van der Waals surface area contributed by atoms with Gasteiger partial charge in [0, 0.05) is 26.3 Å². The Morgan fingerprint density at radius 2 is 1.70 bits per heavy atom. The molecule has 2 heterocycles. The van der Waals surface area contributed by atoms with Crippen LogP contribution in [-0.2, 0) is 17.1 Å². The van der Waals surface area contributed by atoms with Crippen molar-refractivity contribution in [3.8, 4) is 0 Å². The minimum atomic E-state index is -3.72. The highest BCUT2D eigenvalue weighted by Gasteiger charge is 2.35. The maximum atomic E-state index is 14.2. The van der Waals surface area contributed by atoms with E-state index in [1.807, 2.05) is 30.3 Å². The lowest BCUT2D eigenvalue weighted by Crippen LogP contribution is -2.43. The van der Waals surface area contributed by atoms with Crippen LogP contribution in [0.4, 0.5) is 8.78 Å². The maximum Gasteiger partial charge on any atom is 0.262 e. The second kappa shape index (κ2) is 9.40. The molecule has 4 rings (SSSR count). The average molecular weight is 475 g/mol. The van der Waals surface area contributed by atoms with E-state index in [-0.39, 0.29) is 24.0 Å². The normalized spacial score (nSPS) is 16.5. The fourth-order valence-electron chi connectivity index (χ4n) is 4.17. The Hall–Kier alpha value is -3.11. The van der Waals surface area contributed by atoms with Gasteiger partial charge in [0.2, 0.25) is 0 Å². The Labute approximate surface area is 191 Å². The Morgan fingerprint density at radius 3 is 2.27 bits per heavy atom. The number of aromatic nitrogens is 2. The molecule has 2 aromatic carbocycles. The summed E-state index contributed by atoms with van der Waals surface area (Å²) in [5, 5.41) is 2.78. The highest BCUT2D eigenvalue weighted by atomic mass is 32.2. The van der Waals surface area contributed by atoms with Crippen LogP contribution in [0.15, 0.2) is 66.1 Å². The Bertz CT molecular complexity index is 1220. The molecule has 1 amide bonds. The van der Waals surface area contributed by atoms with Crippen molar-refractivity contribution in [2.45, 2.75) is 23.9 Å². The smallest absolute Gasteiger partial charge is 0.262 e. The van der Waals surface area contributed by atoms with Crippen LogP contribution in [0.25, 0.3) is 0 Å². The third-order valence-corrected chi connectivity index (χ3v) is 7.67. The van der Waals surface area contributed by atoms with E-state index in [0.717, 1.165) is 17.7 Å². The summed E-state index contributed by atoms with van der Waals surface area (Å²) >= 11 is 0. The SMILES string of the molecule is Cn1cnc(S(=O)(=O)N2CCC(C(NC(=O)c3c(F)cccc3F)c3ccccc3)CC2)c1. The molecule has 1 aromatic heterocycles. The van der Waals surface area contributed by atoms with Crippen molar-refractivity contribution < 1.29 is 22.0 Å². The van der Waals surface area contributed by atoms with Crippen molar-refractivity contribution in [2.75, 3.05) is 13.1 Å². The Balaban J connectivity index is 1.54. The quantitative estimate of drug-likeness (QED) is 0.594. The Morgan fingerprint density at radius 1 is 1.06 bits per heavy atom. The van der Waals surface area contributed by atoms with Gasteiger partial charge in [0.25, 0.3) is 15.9 Å². The number of halogens is 2. The van der Waals surface area contributed by atoms with E-state index in [0.29, 0.717) is 12.8 Å². The lowest BCUT2D eigenvalue weighted by Gasteiger charge is -2.35. The van der Waals surface area contributed by atoms with Crippen LogP contribution in [0.1, 0.15) is 34.8 Å². The van der Waals surface area contributed by atoms with Gasteiger partial charge in [0.15, 0.2) is 5.03 Å². The van der Waals surface area contributed by atoms with Crippen LogP contribution in [0.2, 0.25) is 0 Å². The molecule has 0 saturated carbocycles. The number of nitrogens with zero attached hydrogens (tertiary/aromatic N) is 3. The van der Waals surface area contributed by atoms with E-state index in [1.54, 1.807) is 11.6 Å². The lowest BCUT2D eigenvalue weighted by atomic mass is 9.85. The Kier molecular flexibility index (Phi) is 6.57. The van der Waals surface area contributed by atoms with E-state index >= 15 is 0 Å². The van der Waals surface area contributed by atoms with E-state index in [4.69, 9.17) is 0 Å². The van der Waals surface area contributed by atoms with Crippen LogP contribution < -0.4 is 5.32 Å². The standard InChI is InChI=1S/C23H24F2N4O3S/c1-28-14-20(26-15-28)33(31,32)29-12-10-17(11-13-29)22(16-6-3-2-4-7-16)27-23(30)21-18(24)8-5-9-19(21)25/h2-9,14-15,17,22H,10-13H2,1H3,(H,27,30). The number of sulfonamides is 1. The van der Waals surface area contributed by atoms with Crippen LogP contribution in [-0.4, -0.2) is 41.3 Å². The molecule has 1 atom stereocenters. The van der Waals surface area contributed by atoms with E-state index < -0.39 is 39.2 Å². The van der Waals surface area contributed by atoms with Crippen molar-refractivity contribution in [3.63, 3.8) is 0 Å². The van der Waals surface area contributed by atoms with E-state index in [1.165, 1.54) is 22.9 Å². The first kappa shape index (κ1) is 23.1. The van der Waals surface area contributed by atoms with Crippen molar-refractivity contribution in [2.24, 2.45) is 13.0 Å². The fourth-order valence-corrected chi connectivity index (χ4v) is 5.60. The number of piperidine rings is 1. The zero-order valence-electron chi connectivity index (χ0n) is 18.0. The maximum absolute atomic E-state index is 14.2. The van der Waals surface area contributed by atoms with Gasteiger partial charge in [0.1, 0.15) is 17.2 Å². The third kappa shape index (κ3) is 4.81. The van der Waals surface area contributed by atoms with Crippen molar-refractivity contribution in [1.29, 1.82) is 0 Å². The molecular formula is C23H24F2N4O3S. The first-order valence-corrected chi connectivity index (χ1v) is 12.0. The number of nitrogens with one attached hydrogen (secondary N) is 1. The molecule has 0 bridgehead atoms. The predicted molar refractivity (Wildman–Crippen MR) is 118 cm³/mol. The summed E-state index contributed by atoms with van der Waals surface area (Å²) < 4.78 is 57.0. The monoisotopic (exact) mass is 474 g/mol. The summed E-state index contributed by atoms with van der Waals surface area (Å²) in [6.07, 6.45) is 3.82. The van der Waals surface area contributed by atoms with Crippen LogP contribution in [0, 0.1) is 17.6 Å². The number of imidazole rings is 1. The summed E-state index contributed by atoms with van der Waals surface area (Å²) in [7, 11) is -2.02. The first-order chi connectivity index (χ1) is 15.8. The number of rotatable bonds is 6. The second-order valence-electron chi connectivity index (χ2n) is 8.08. The average Bonchev–Trinajstić information content (AvgIpc) is 3.25. The highest BCUT2D eigenvalue weighted by molar-refractivity contribution is 7.89. The summed E-state index contributed by atoms with van der Waals surface area (Å²) in [6.45, 7) is 0.494. The number of hydrogen-bond acceptors (Lipinski definition) is 4. The van der Waals surface area contributed by atoms with Gasteiger partial charge in [-0.2, -0.15) is 4.31 Å². The highest BCUT2D eigenvalue weighted by Crippen LogP contribution is 2.33. The number of hydrogen-bond donors (Lipinski definition) is 1. The summed E-state index contributed by atoms with van der Waals surface area (Å²) in [5.41, 5.74) is 0.155. The zero-order chi connectivity index (χ0) is 23.6. The molecule has 1 saturated heterocycles.